The monoisotopic (exact) mass is 605 g/mol. The number of anilines is 2. The van der Waals surface area contributed by atoms with E-state index in [0.717, 1.165) is 11.3 Å². The number of rotatable bonds is 8. The van der Waals surface area contributed by atoms with Crippen LogP contribution in [0.3, 0.4) is 0 Å². The lowest BCUT2D eigenvalue weighted by molar-refractivity contribution is -0.136. The Balaban J connectivity index is 1.47. The van der Waals surface area contributed by atoms with Crippen molar-refractivity contribution in [2.75, 3.05) is 25.9 Å². The van der Waals surface area contributed by atoms with Gasteiger partial charge in [-0.2, -0.15) is 0 Å². The average Bonchev–Trinajstić information content (AvgIpc) is 3.28. The van der Waals surface area contributed by atoms with Gasteiger partial charge in [0.1, 0.15) is 17.2 Å². The zero-order valence-electron chi connectivity index (χ0n) is 22.6. The van der Waals surface area contributed by atoms with Crippen LogP contribution in [0.15, 0.2) is 72.8 Å². The minimum Gasteiger partial charge on any atom is -0.481 e. The van der Waals surface area contributed by atoms with E-state index in [1.807, 2.05) is 48.3 Å². The summed E-state index contributed by atoms with van der Waals surface area (Å²) in [5.74, 6) is -0.118. The van der Waals surface area contributed by atoms with Gasteiger partial charge in [-0.05, 0) is 42.3 Å². The Morgan fingerprint density at radius 2 is 1.64 bits per heavy atom. The van der Waals surface area contributed by atoms with Crippen molar-refractivity contribution in [2.24, 2.45) is 0 Å². The fraction of sp³-hybridized carbons (Fsp3) is 0.188. The van der Waals surface area contributed by atoms with Crippen molar-refractivity contribution in [3.63, 3.8) is 0 Å². The molecule has 0 amide bonds. The molecule has 214 valence electrons. The van der Waals surface area contributed by atoms with Gasteiger partial charge in [0, 0.05) is 55.1 Å². The maximum Gasteiger partial charge on any atom is 0.340 e. The molecule has 1 N–H and O–H groups in total. The number of carboxylic acids is 1. The third-order valence-electron chi connectivity index (χ3n) is 7.48. The summed E-state index contributed by atoms with van der Waals surface area (Å²) in [5.41, 5.74) is 3.23. The van der Waals surface area contributed by atoms with E-state index in [1.165, 1.54) is 7.11 Å². The molecule has 6 rings (SSSR count). The van der Waals surface area contributed by atoms with Gasteiger partial charge in [-0.25, -0.2) is 4.79 Å². The van der Waals surface area contributed by atoms with Crippen molar-refractivity contribution >= 4 is 46.5 Å². The Morgan fingerprint density at radius 3 is 2.36 bits per heavy atom. The molecule has 4 aromatic rings. The fourth-order valence-electron chi connectivity index (χ4n) is 5.44. The highest BCUT2D eigenvalue weighted by Crippen LogP contribution is 2.58. The zero-order chi connectivity index (χ0) is 29.6. The molecule has 0 saturated carbocycles. The minimum atomic E-state index is -1.35. The van der Waals surface area contributed by atoms with Crippen molar-refractivity contribution in [1.29, 1.82) is 0 Å². The van der Waals surface area contributed by atoms with Gasteiger partial charge in [0.05, 0.1) is 21.3 Å². The van der Waals surface area contributed by atoms with Crippen LogP contribution >= 0.6 is 23.2 Å². The molecule has 0 aliphatic carbocycles. The number of aryl methyl sites for hydroxylation is 1. The largest absolute Gasteiger partial charge is 0.481 e. The second-order valence-electron chi connectivity index (χ2n) is 9.97. The molecule has 1 atom stereocenters. The van der Waals surface area contributed by atoms with Crippen LogP contribution in [0.1, 0.15) is 39.0 Å². The molecule has 4 aromatic carbocycles. The number of nitrogens with zero attached hydrogens (tertiary/aromatic N) is 1. The normalized spacial score (nSPS) is 16.2. The molecule has 0 fully saturated rings. The number of carbonyl (C=O) groups excluding carboxylic acids is 1. The van der Waals surface area contributed by atoms with Crippen LogP contribution in [-0.4, -0.2) is 38.0 Å². The van der Waals surface area contributed by atoms with Crippen LogP contribution < -0.4 is 14.4 Å². The van der Waals surface area contributed by atoms with E-state index in [2.05, 4.69) is 0 Å². The number of halogens is 2. The number of hydrogen-bond donors (Lipinski definition) is 1. The SMILES string of the molecule is COCOc1cc2c(cc1Cl)C1(OC(=O)c3ccccc31)c1cc(Cl)c(N(C)c3ccc(CCC(=O)O)cc3)cc1O2. The summed E-state index contributed by atoms with van der Waals surface area (Å²) in [4.78, 5) is 26.0. The number of benzene rings is 4. The van der Waals surface area contributed by atoms with E-state index in [4.69, 9.17) is 47.3 Å². The molecule has 8 nitrogen and oxygen atoms in total. The first kappa shape index (κ1) is 27.9. The lowest BCUT2D eigenvalue weighted by Gasteiger charge is -2.37. The fourth-order valence-corrected chi connectivity index (χ4v) is 5.95. The molecule has 10 heteroatoms. The molecule has 2 aliphatic heterocycles. The Labute approximate surface area is 251 Å². The van der Waals surface area contributed by atoms with Gasteiger partial charge in [0.15, 0.2) is 12.4 Å². The molecular formula is C32H25Cl2NO7. The van der Waals surface area contributed by atoms with Crippen LogP contribution in [0.25, 0.3) is 0 Å². The van der Waals surface area contributed by atoms with Crippen LogP contribution in [-0.2, 0) is 26.3 Å². The van der Waals surface area contributed by atoms with Crippen LogP contribution in [0, 0.1) is 0 Å². The number of fused-ring (bicyclic) bond motifs is 6. The first-order valence-electron chi connectivity index (χ1n) is 13.1. The van der Waals surface area contributed by atoms with Crippen molar-refractivity contribution in [1.82, 2.24) is 0 Å². The first-order chi connectivity index (χ1) is 20.2. The van der Waals surface area contributed by atoms with Gasteiger partial charge in [0.2, 0.25) is 0 Å². The van der Waals surface area contributed by atoms with Gasteiger partial charge < -0.3 is 29.0 Å². The van der Waals surface area contributed by atoms with Gasteiger partial charge in [-0.1, -0.05) is 53.5 Å². The van der Waals surface area contributed by atoms with Crippen molar-refractivity contribution in [3.05, 3.63) is 111 Å². The highest BCUT2D eigenvalue weighted by molar-refractivity contribution is 6.33. The number of ether oxygens (including phenoxy) is 4. The van der Waals surface area contributed by atoms with Crippen molar-refractivity contribution < 1.29 is 33.6 Å². The van der Waals surface area contributed by atoms with Crippen molar-refractivity contribution in [2.45, 2.75) is 18.4 Å². The number of esters is 1. The third kappa shape index (κ3) is 4.61. The first-order valence-corrected chi connectivity index (χ1v) is 13.8. The molecule has 0 saturated heterocycles. The summed E-state index contributed by atoms with van der Waals surface area (Å²) in [5, 5.41) is 9.69. The standard InChI is InChI=1S/C32H25Cl2NO7/c1-35(19-10-7-18(8-11-19)9-12-30(36)37)26-15-27-22(13-24(26)33)32(21-6-4-3-5-20(21)31(38)42-32)23-14-25(34)29(40-17-39-2)16-28(23)41-27/h3-8,10-11,13-16H,9,12,17H2,1-2H3,(H,36,37). The quantitative estimate of drug-likeness (QED) is 0.165. The zero-order valence-corrected chi connectivity index (χ0v) is 24.2. The highest BCUT2D eigenvalue weighted by atomic mass is 35.5. The van der Waals surface area contributed by atoms with E-state index in [-0.39, 0.29) is 13.2 Å². The van der Waals surface area contributed by atoms with Crippen LogP contribution in [0.5, 0.6) is 17.2 Å². The molecule has 42 heavy (non-hydrogen) atoms. The van der Waals surface area contributed by atoms with Crippen LogP contribution in [0.4, 0.5) is 11.4 Å². The summed E-state index contributed by atoms with van der Waals surface area (Å²) in [6.07, 6.45) is 0.498. The van der Waals surface area contributed by atoms with Crippen LogP contribution in [0.2, 0.25) is 10.0 Å². The van der Waals surface area contributed by atoms with Gasteiger partial charge in [-0.15, -0.1) is 0 Å². The summed E-state index contributed by atoms with van der Waals surface area (Å²) < 4.78 is 23.4. The molecule has 2 heterocycles. The predicted octanol–water partition coefficient (Wildman–Crippen LogP) is 7.33. The maximum absolute atomic E-state index is 13.2. The van der Waals surface area contributed by atoms with E-state index in [9.17, 15) is 9.59 Å². The van der Waals surface area contributed by atoms with E-state index in [0.29, 0.717) is 61.7 Å². The Bertz CT molecular complexity index is 1720. The topological polar surface area (TPSA) is 94.5 Å². The Hall–Kier alpha value is -4.24. The van der Waals surface area contributed by atoms with E-state index < -0.39 is 17.5 Å². The predicted molar refractivity (Wildman–Crippen MR) is 158 cm³/mol. The number of aliphatic carboxylic acids is 1. The minimum absolute atomic E-state index is 0.0162. The lowest BCUT2D eigenvalue weighted by atomic mass is 9.77. The summed E-state index contributed by atoms with van der Waals surface area (Å²) in [6.45, 7) is -0.0162. The Kier molecular flexibility index (Phi) is 7.22. The summed E-state index contributed by atoms with van der Waals surface area (Å²) >= 11 is 13.5. The summed E-state index contributed by atoms with van der Waals surface area (Å²) in [7, 11) is 3.38. The summed E-state index contributed by atoms with van der Waals surface area (Å²) in [6, 6.07) is 21.7. The molecule has 0 radical (unpaired) electrons. The van der Waals surface area contributed by atoms with E-state index in [1.54, 1.807) is 36.4 Å². The number of methoxy groups -OCH3 is 1. The molecule has 2 aliphatic rings. The maximum atomic E-state index is 13.2. The van der Waals surface area contributed by atoms with Gasteiger partial charge in [-0.3, -0.25) is 4.79 Å². The third-order valence-corrected chi connectivity index (χ3v) is 8.08. The average molecular weight is 606 g/mol. The second kappa shape index (κ2) is 10.9. The number of carbonyl (C=O) groups is 2. The molecule has 0 bridgehead atoms. The molecule has 1 unspecified atom stereocenters. The second-order valence-corrected chi connectivity index (χ2v) is 10.8. The number of carboxylic acid groups (broad SMARTS) is 1. The van der Waals surface area contributed by atoms with Crippen molar-refractivity contribution in [3.8, 4) is 17.2 Å². The van der Waals surface area contributed by atoms with E-state index >= 15 is 0 Å². The van der Waals surface area contributed by atoms with Gasteiger partial charge >= 0.3 is 11.9 Å². The smallest absolute Gasteiger partial charge is 0.340 e. The Morgan fingerprint density at radius 1 is 0.952 bits per heavy atom. The molecular weight excluding hydrogens is 581 g/mol. The highest BCUT2D eigenvalue weighted by Gasteiger charge is 2.54. The lowest BCUT2D eigenvalue weighted by Crippen LogP contribution is -2.33. The molecule has 1 spiro atoms. The molecule has 0 aromatic heterocycles. The van der Waals surface area contributed by atoms with Gasteiger partial charge in [0.25, 0.3) is 0 Å². The number of hydrogen-bond acceptors (Lipinski definition) is 7.